The number of para-hydroxylation sites is 1. The van der Waals surface area contributed by atoms with Gasteiger partial charge < -0.3 is 19.5 Å². The van der Waals surface area contributed by atoms with Gasteiger partial charge in [-0.2, -0.15) is 0 Å². The number of rotatable bonds is 10. The summed E-state index contributed by atoms with van der Waals surface area (Å²) in [5, 5.41) is 3.20. The fourth-order valence-electron chi connectivity index (χ4n) is 4.26. The number of carbonyl (C=O) groups excluding carboxylic acids is 1. The number of aromatic nitrogens is 1. The lowest BCUT2D eigenvalue weighted by Gasteiger charge is -2.32. The van der Waals surface area contributed by atoms with Gasteiger partial charge in [0.1, 0.15) is 12.4 Å². The molecule has 0 bridgehead atoms. The Hall–Kier alpha value is -3.58. The highest BCUT2D eigenvalue weighted by atomic mass is 16.5. The number of benzene rings is 2. The van der Waals surface area contributed by atoms with Crippen LogP contribution in [0, 0.1) is 0 Å². The van der Waals surface area contributed by atoms with E-state index in [-0.39, 0.29) is 11.9 Å². The highest BCUT2D eigenvalue weighted by molar-refractivity contribution is 5.95. The van der Waals surface area contributed by atoms with E-state index in [0.717, 1.165) is 43.8 Å². The molecular weight excluding hydrogens is 442 g/mol. The second-order valence-electron chi connectivity index (χ2n) is 8.57. The SMILES string of the molecule is CCOc1cc(C(=O)NC2CCN(Cc3ccccc3OC)CC2)ccc1OCc1ccncc1. The first kappa shape index (κ1) is 24.5. The highest BCUT2D eigenvalue weighted by Gasteiger charge is 2.22. The van der Waals surface area contributed by atoms with E-state index in [2.05, 4.69) is 21.3 Å². The number of nitrogens with one attached hydrogen (secondary N) is 1. The van der Waals surface area contributed by atoms with Gasteiger partial charge in [-0.15, -0.1) is 0 Å². The van der Waals surface area contributed by atoms with Gasteiger partial charge in [-0.25, -0.2) is 0 Å². The maximum Gasteiger partial charge on any atom is 0.251 e. The quantitative estimate of drug-likeness (QED) is 0.467. The lowest BCUT2D eigenvalue weighted by Crippen LogP contribution is -2.44. The minimum absolute atomic E-state index is 0.0881. The third-order valence-corrected chi connectivity index (χ3v) is 6.16. The topological polar surface area (TPSA) is 72.9 Å². The van der Waals surface area contributed by atoms with Crippen LogP contribution in [0.2, 0.25) is 0 Å². The van der Waals surface area contributed by atoms with Crippen molar-refractivity contribution in [1.29, 1.82) is 0 Å². The van der Waals surface area contributed by atoms with E-state index in [1.807, 2.05) is 37.3 Å². The summed E-state index contributed by atoms with van der Waals surface area (Å²) in [5.41, 5.74) is 2.77. The Morgan fingerprint density at radius 3 is 2.51 bits per heavy atom. The van der Waals surface area contributed by atoms with Gasteiger partial charge >= 0.3 is 0 Å². The zero-order chi connectivity index (χ0) is 24.5. The van der Waals surface area contributed by atoms with Crippen molar-refractivity contribution in [3.8, 4) is 17.2 Å². The molecular formula is C28H33N3O4. The van der Waals surface area contributed by atoms with Crippen molar-refractivity contribution >= 4 is 5.91 Å². The largest absolute Gasteiger partial charge is 0.496 e. The lowest BCUT2D eigenvalue weighted by molar-refractivity contribution is 0.0908. The van der Waals surface area contributed by atoms with Crippen LogP contribution in [0.3, 0.4) is 0 Å². The molecule has 1 aliphatic rings. The molecule has 1 aromatic heterocycles. The van der Waals surface area contributed by atoms with Crippen LogP contribution in [0.25, 0.3) is 0 Å². The standard InChI is InChI=1S/C28H33N3O4/c1-3-34-27-18-22(8-9-26(27)35-20-21-10-14-29-15-11-21)28(32)30-24-12-16-31(17-13-24)19-23-6-4-5-7-25(23)33-2/h4-11,14-15,18,24H,3,12-13,16-17,19-20H2,1-2H3,(H,30,32). The Balaban J connectivity index is 1.31. The first-order valence-electron chi connectivity index (χ1n) is 12.1. The Morgan fingerprint density at radius 2 is 1.77 bits per heavy atom. The fourth-order valence-corrected chi connectivity index (χ4v) is 4.26. The van der Waals surface area contributed by atoms with Crippen LogP contribution < -0.4 is 19.5 Å². The van der Waals surface area contributed by atoms with Crippen LogP contribution in [-0.4, -0.2) is 48.6 Å². The van der Waals surface area contributed by atoms with Gasteiger partial charge in [-0.3, -0.25) is 14.7 Å². The zero-order valence-corrected chi connectivity index (χ0v) is 20.4. The molecule has 0 unspecified atom stereocenters. The molecule has 2 aromatic carbocycles. The number of methoxy groups -OCH3 is 1. The summed E-state index contributed by atoms with van der Waals surface area (Å²) in [6, 6.07) is 17.4. The number of nitrogens with zero attached hydrogens (tertiary/aromatic N) is 2. The Bertz CT molecular complexity index is 1100. The highest BCUT2D eigenvalue weighted by Crippen LogP contribution is 2.29. The van der Waals surface area contributed by atoms with Crippen LogP contribution in [0.1, 0.15) is 41.3 Å². The van der Waals surface area contributed by atoms with Gasteiger partial charge in [0.2, 0.25) is 0 Å². The normalized spacial score (nSPS) is 14.3. The third kappa shape index (κ3) is 6.73. The number of piperidine rings is 1. The van der Waals surface area contributed by atoms with Crippen molar-refractivity contribution in [2.75, 3.05) is 26.8 Å². The summed E-state index contributed by atoms with van der Waals surface area (Å²) >= 11 is 0. The number of carbonyl (C=O) groups is 1. The summed E-state index contributed by atoms with van der Waals surface area (Å²) in [6.45, 7) is 5.51. The number of hydrogen-bond donors (Lipinski definition) is 1. The van der Waals surface area contributed by atoms with E-state index in [4.69, 9.17) is 14.2 Å². The maximum atomic E-state index is 13.0. The molecule has 1 N–H and O–H groups in total. The molecule has 4 rings (SSSR count). The van der Waals surface area contributed by atoms with E-state index in [1.54, 1.807) is 37.7 Å². The molecule has 1 aliphatic heterocycles. The molecule has 0 saturated carbocycles. The van der Waals surface area contributed by atoms with Gasteiger partial charge in [0.05, 0.1) is 13.7 Å². The summed E-state index contributed by atoms with van der Waals surface area (Å²) < 4.78 is 17.2. The first-order valence-corrected chi connectivity index (χ1v) is 12.1. The lowest BCUT2D eigenvalue weighted by atomic mass is 10.0. The smallest absolute Gasteiger partial charge is 0.251 e. The van der Waals surface area contributed by atoms with E-state index < -0.39 is 0 Å². The number of amides is 1. The summed E-state index contributed by atoms with van der Waals surface area (Å²) in [4.78, 5) is 19.4. The number of likely N-dealkylation sites (tertiary alicyclic amines) is 1. The predicted octanol–water partition coefficient (Wildman–Crippen LogP) is 4.46. The van der Waals surface area contributed by atoms with Crippen molar-refractivity contribution in [1.82, 2.24) is 15.2 Å². The molecule has 0 aliphatic carbocycles. The van der Waals surface area contributed by atoms with Crippen molar-refractivity contribution in [2.24, 2.45) is 0 Å². The maximum absolute atomic E-state index is 13.0. The molecule has 0 atom stereocenters. The third-order valence-electron chi connectivity index (χ3n) is 6.16. The molecule has 184 valence electrons. The van der Waals surface area contributed by atoms with E-state index in [9.17, 15) is 4.79 Å². The average Bonchev–Trinajstić information content (AvgIpc) is 2.90. The fraction of sp³-hybridized carbons (Fsp3) is 0.357. The van der Waals surface area contributed by atoms with Gasteiger partial charge in [0, 0.05) is 49.2 Å². The number of pyridine rings is 1. The molecule has 35 heavy (non-hydrogen) atoms. The van der Waals surface area contributed by atoms with Crippen molar-refractivity contribution < 1.29 is 19.0 Å². The molecule has 1 saturated heterocycles. The van der Waals surface area contributed by atoms with Crippen LogP contribution in [0.4, 0.5) is 0 Å². The van der Waals surface area contributed by atoms with Crippen molar-refractivity contribution in [2.45, 2.75) is 39.0 Å². The Morgan fingerprint density at radius 1 is 1.00 bits per heavy atom. The monoisotopic (exact) mass is 475 g/mol. The second-order valence-corrected chi connectivity index (χ2v) is 8.57. The van der Waals surface area contributed by atoms with Crippen molar-refractivity contribution in [3.05, 3.63) is 83.7 Å². The molecule has 7 nitrogen and oxygen atoms in total. The summed E-state index contributed by atoms with van der Waals surface area (Å²) in [7, 11) is 1.71. The minimum atomic E-state index is -0.0881. The van der Waals surface area contributed by atoms with E-state index >= 15 is 0 Å². The number of hydrogen-bond acceptors (Lipinski definition) is 6. The molecule has 1 amide bonds. The van der Waals surface area contributed by atoms with E-state index in [0.29, 0.717) is 30.3 Å². The second kappa shape index (κ2) is 12.2. The van der Waals surface area contributed by atoms with Crippen LogP contribution >= 0.6 is 0 Å². The van der Waals surface area contributed by atoms with E-state index in [1.165, 1.54) is 5.56 Å². The molecule has 0 spiro atoms. The molecule has 7 heteroatoms. The molecule has 3 aromatic rings. The molecule has 0 radical (unpaired) electrons. The average molecular weight is 476 g/mol. The minimum Gasteiger partial charge on any atom is -0.496 e. The number of ether oxygens (including phenoxy) is 3. The van der Waals surface area contributed by atoms with Crippen LogP contribution in [0.5, 0.6) is 17.2 Å². The zero-order valence-electron chi connectivity index (χ0n) is 20.4. The Kier molecular flexibility index (Phi) is 8.57. The van der Waals surface area contributed by atoms with Gasteiger partial charge in [0.25, 0.3) is 5.91 Å². The molecule has 2 heterocycles. The van der Waals surface area contributed by atoms with Gasteiger partial charge in [0.15, 0.2) is 11.5 Å². The van der Waals surface area contributed by atoms with Gasteiger partial charge in [-0.05, 0) is 61.7 Å². The van der Waals surface area contributed by atoms with Gasteiger partial charge in [-0.1, -0.05) is 18.2 Å². The molecule has 1 fully saturated rings. The van der Waals surface area contributed by atoms with Crippen molar-refractivity contribution in [3.63, 3.8) is 0 Å². The summed E-state index contributed by atoms with van der Waals surface area (Å²) in [5.74, 6) is 2.02. The summed E-state index contributed by atoms with van der Waals surface area (Å²) in [6.07, 6.45) is 5.29. The Labute approximate surface area is 207 Å². The van der Waals surface area contributed by atoms with Crippen LogP contribution in [-0.2, 0) is 13.2 Å². The van der Waals surface area contributed by atoms with Crippen LogP contribution in [0.15, 0.2) is 67.0 Å². The predicted molar refractivity (Wildman–Crippen MR) is 135 cm³/mol. The first-order chi connectivity index (χ1) is 17.2.